The fraction of sp³-hybridized carbons (Fsp3) is 0.444. The molecule has 1 aliphatic rings. The van der Waals surface area contributed by atoms with Crippen LogP contribution in [0.3, 0.4) is 0 Å². The Morgan fingerprint density at radius 1 is 0.810 bits per heavy atom. The number of rotatable bonds is 13. The van der Waals surface area contributed by atoms with Crippen LogP contribution in [0.5, 0.6) is 0 Å². The average molecular weight is 637 g/mol. The molecule has 5 N–H and O–H groups in total. The summed E-state index contributed by atoms with van der Waals surface area (Å²) < 4.78 is 5.15. The van der Waals surface area contributed by atoms with Crippen molar-refractivity contribution in [2.24, 2.45) is 0 Å². The number of carbonyl (C=O) groups excluding carboxylic acids is 2. The molecule has 0 spiro atoms. The molecule has 226 valence electrons. The maximum atomic E-state index is 10.5. The molecule has 13 nitrogen and oxygen atoms in total. The van der Waals surface area contributed by atoms with E-state index in [2.05, 4.69) is 46.2 Å². The Labute approximate surface area is 277 Å². The van der Waals surface area contributed by atoms with Crippen LogP contribution in [0, 0.1) is 0 Å². The molecule has 2 aromatic carbocycles. The molecule has 1 saturated heterocycles. The van der Waals surface area contributed by atoms with Crippen molar-refractivity contribution in [1.29, 1.82) is 0 Å². The van der Waals surface area contributed by atoms with Gasteiger partial charge < -0.3 is 50.1 Å². The van der Waals surface area contributed by atoms with Gasteiger partial charge in [0.15, 0.2) is 0 Å². The van der Waals surface area contributed by atoms with Crippen LogP contribution in [0.25, 0.3) is 0 Å². The molecule has 0 bridgehead atoms. The van der Waals surface area contributed by atoms with Crippen molar-refractivity contribution in [2.75, 3.05) is 45.9 Å². The number of carbonyl (C=O) groups is 3. The van der Waals surface area contributed by atoms with Gasteiger partial charge in [-0.3, -0.25) is 9.80 Å². The molecule has 0 saturated carbocycles. The Balaban J connectivity index is 0.000000503. The van der Waals surface area contributed by atoms with E-state index < -0.39 is 42.3 Å². The van der Waals surface area contributed by atoms with Crippen molar-refractivity contribution < 1.29 is 54.9 Å². The van der Waals surface area contributed by atoms with Crippen LogP contribution in [0.2, 0.25) is 5.02 Å². The van der Waals surface area contributed by atoms with Gasteiger partial charge >= 0.3 is 43.7 Å². The van der Waals surface area contributed by atoms with Crippen molar-refractivity contribution in [3.05, 3.63) is 70.7 Å². The first kappa shape index (κ1) is 38.1. The van der Waals surface area contributed by atoms with E-state index in [1.165, 1.54) is 11.1 Å². The van der Waals surface area contributed by atoms with Crippen molar-refractivity contribution in [3.8, 4) is 0 Å². The first-order valence-electron chi connectivity index (χ1n) is 12.6. The monoisotopic (exact) mass is 636 g/mol. The van der Waals surface area contributed by atoms with Crippen LogP contribution in [0.15, 0.2) is 54.6 Å². The van der Waals surface area contributed by atoms with Gasteiger partial charge in [0.2, 0.25) is 0 Å². The third-order valence-electron chi connectivity index (χ3n) is 6.33. The van der Waals surface area contributed by atoms with Crippen LogP contribution >= 0.6 is 11.6 Å². The Hall–Kier alpha value is -1.88. The third-order valence-corrected chi connectivity index (χ3v) is 6.58. The molecule has 1 unspecified atom stereocenters. The number of benzene rings is 2. The molecule has 1 fully saturated rings. The Kier molecular flexibility index (Phi) is 17.6. The number of aliphatic hydroxyl groups excluding tert-OH is 4. The fourth-order valence-electron chi connectivity index (χ4n) is 4.15. The van der Waals surface area contributed by atoms with Gasteiger partial charge in [-0.2, -0.15) is 0 Å². The van der Waals surface area contributed by atoms with Crippen molar-refractivity contribution in [3.63, 3.8) is 0 Å². The number of halogens is 1. The van der Waals surface area contributed by atoms with Gasteiger partial charge in [0.05, 0.1) is 24.6 Å². The zero-order chi connectivity index (χ0) is 30.5. The molecular formula is C27H33CaClN2O11. The summed E-state index contributed by atoms with van der Waals surface area (Å²) in [5.41, 5.74) is 2.52. The van der Waals surface area contributed by atoms with Crippen LogP contribution < -0.4 is 10.2 Å². The number of piperazine rings is 1. The maximum Gasteiger partial charge on any atom is 2.00 e. The van der Waals surface area contributed by atoms with E-state index in [0.29, 0.717) is 6.61 Å². The number of carboxylic acids is 3. The van der Waals surface area contributed by atoms with Crippen LogP contribution in [-0.4, -0.2) is 161 Å². The topological polar surface area (TPSA) is 214 Å². The Morgan fingerprint density at radius 2 is 1.29 bits per heavy atom. The molecule has 0 radical (unpaired) electrons. The average Bonchev–Trinajstić information content (AvgIpc) is 2.96. The van der Waals surface area contributed by atoms with Crippen molar-refractivity contribution >= 4 is 67.2 Å². The SMILES string of the molecule is O=C(O)COCCN1CCN(C(c2ccccc2)c2ccc(Cl)cc2)CC1.O=C([O-])[C@@H](O)[C@@H](O)[C@H](O)[C@@H](O)C(=O)[O-].[Ca+2]. The van der Waals surface area contributed by atoms with Crippen molar-refractivity contribution in [2.45, 2.75) is 30.5 Å². The van der Waals surface area contributed by atoms with Crippen LogP contribution in [0.4, 0.5) is 0 Å². The summed E-state index contributed by atoms with van der Waals surface area (Å²) in [5, 5.41) is 64.1. The first-order chi connectivity index (χ1) is 19.4. The van der Waals surface area contributed by atoms with Gasteiger partial charge in [0.1, 0.15) is 31.0 Å². The molecule has 42 heavy (non-hydrogen) atoms. The minimum Gasteiger partial charge on any atom is -0.547 e. The smallest absolute Gasteiger partial charge is 0.547 e. The molecular weight excluding hydrogens is 604 g/mol. The van der Waals surface area contributed by atoms with E-state index in [1.54, 1.807) is 0 Å². The number of nitrogens with zero attached hydrogens (tertiary/aromatic N) is 2. The maximum absolute atomic E-state index is 10.5. The number of aliphatic carboxylic acids is 3. The number of hydrogen-bond donors (Lipinski definition) is 5. The summed E-state index contributed by atoms with van der Waals surface area (Å²) in [5.74, 6) is -5.14. The summed E-state index contributed by atoms with van der Waals surface area (Å²) in [7, 11) is 0. The van der Waals surface area contributed by atoms with Gasteiger partial charge in [-0.1, -0.05) is 54.1 Å². The molecule has 2 aromatic rings. The zero-order valence-corrected chi connectivity index (χ0v) is 25.7. The minimum atomic E-state index is -2.50. The molecule has 15 heteroatoms. The summed E-state index contributed by atoms with van der Waals surface area (Å²) in [6.45, 7) is 4.75. The third kappa shape index (κ3) is 12.4. The quantitative estimate of drug-likeness (QED) is 0.108. The van der Waals surface area contributed by atoms with E-state index in [-0.39, 0.29) is 50.4 Å². The standard InChI is InChI=1S/C21H25ClN2O3.C6H10O8.Ca/c22-19-8-6-18(7-9-19)21(17-4-2-1-3-5-17)24-12-10-23(11-13-24)14-15-27-16-20(25)26;7-1(3(9)5(11)12)2(8)4(10)6(13)14;/h1-9,21H,10-16H2,(H,25,26);1-4,7-10H,(H,11,12)(H,13,14);/q;;+2/p-2/t;1-,2-,3-,4+;/m.0./s1. The van der Waals surface area contributed by atoms with Gasteiger partial charge in [0.25, 0.3) is 0 Å². The first-order valence-corrected chi connectivity index (χ1v) is 13.0. The fourth-order valence-corrected chi connectivity index (χ4v) is 4.27. The van der Waals surface area contributed by atoms with Gasteiger partial charge in [-0.05, 0) is 23.3 Å². The predicted molar refractivity (Wildman–Crippen MR) is 146 cm³/mol. The van der Waals surface area contributed by atoms with Gasteiger partial charge in [-0.25, -0.2) is 4.79 Å². The zero-order valence-electron chi connectivity index (χ0n) is 22.7. The molecule has 0 amide bonds. The molecule has 3 rings (SSSR count). The van der Waals surface area contributed by atoms with E-state index >= 15 is 0 Å². The number of hydrogen-bond acceptors (Lipinski definition) is 12. The van der Waals surface area contributed by atoms with Crippen molar-refractivity contribution in [1.82, 2.24) is 9.80 Å². The molecule has 0 aromatic heterocycles. The Morgan fingerprint density at radius 3 is 1.74 bits per heavy atom. The molecule has 0 aliphatic carbocycles. The number of aliphatic hydroxyl groups is 4. The summed E-state index contributed by atoms with van der Waals surface area (Å²) in [6, 6.07) is 18.8. The second kappa shape index (κ2) is 19.4. The van der Waals surface area contributed by atoms with E-state index in [1.807, 2.05) is 18.2 Å². The van der Waals surface area contributed by atoms with Crippen LogP contribution in [0.1, 0.15) is 17.2 Å². The van der Waals surface area contributed by atoms with Crippen LogP contribution in [-0.2, 0) is 19.1 Å². The normalized spacial score (nSPS) is 17.4. The van der Waals surface area contributed by atoms with E-state index in [0.717, 1.165) is 37.7 Å². The summed E-state index contributed by atoms with van der Waals surface area (Å²) in [6.07, 6.45) is -9.76. The van der Waals surface area contributed by atoms with E-state index in [4.69, 9.17) is 41.9 Å². The number of carboxylic acid groups (broad SMARTS) is 3. The molecule has 1 heterocycles. The van der Waals surface area contributed by atoms with Gasteiger partial charge in [-0.15, -0.1) is 0 Å². The predicted octanol–water partition coefficient (Wildman–Crippen LogP) is -3.30. The molecule has 1 aliphatic heterocycles. The summed E-state index contributed by atoms with van der Waals surface area (Å²) in [4.78, 5) is 35.2. The second-order valence-electron chi connectivity index (χ2n) is 9.20. The van der Waals surface area contributed by atoms with Gasteiger partial charge in [0, 0.05) is 37.7 Å². The largest absolute Gasteiger partial charge is 2.00 e. The number of ether oxygens (including phenoxy) is 1. The summed E-state index contributed by atoms with van der Waals surface area (Å²) >= 11 is 6.08. The minimum absolute atomic E-state index is 0. The van der Waals surface area contributed by atoms with E-state index in [9.17, 15) is 24.6 Å². The molecule has 5 atom stereocenters. The second-order valence-corrected chi connectivity index (χ2v) is 9.63. The Bertz CT molecular complexity index is 1080.